The van der Waals surface area contributed by atoms with Gasteiger partial charge in [-0.1, -0.05) is 18.2 Å². The van der Waals surface area contributed by atoms with Crippen molar-refractivity contribution < 1.29 is 19.1 Å². The molecule has 5 heteroatoms. The first-order chi connectivity index (χ1) is 11.6. The Hall–Kier alpha value is -2.82. The van der Waals surface area contributed by atoms with Crippen molar-refractivity contribution in [2.75, 3.05) is 18.6 Å². The van der Waals surface area contributed by atoms with Gasteiger partial charge in [0, 0.05) is 12.2 Å². The second-order valence-corrected chi connectivity index (χ2v) is 5.65. The molecule has 0 bridgehead atoms. The number of hydrogen-bond donors (Lipinski definition) is 0. The standard InChI is InChI=1S/C19H19NO4/c1-13(24-16-6-4-3-5-7-16)18(21)20-11-10-14-12-15(19(22)23-2)8-9-17(14)20/h3-9,12-13H,10-11H2,1-2H3. The Labute approximate surface area is 140 Å². The van der Waals surface area contributed by atoms with Crippen molar-refractivity contribution in [3.05, 3.63) is 59.7 Å². The Morgan fingerprint density at radius 2 is 1.88 bits per heavy atom. The number of ether oxygens (including phenoxy) is 2. The lowest BCUT2D eigenvalue weighted by Crippen LogP contribution is -2.39. The molecule has 0 N–H and O–H groups in total. The smallest absolute Gasteiger partial charge is 0.337 e. The maximum Gasteiger partial charge on any atom is 0.337 e. The molecule has 24 heavy (non-hydrogen) atoms. The van der Waals surface area contributed by atoms with E-state index in [4.69, 9.17) is 9.47 Å². The molecule has 1 unspecified atom stereocenters. The first-order valence-corrected chi connectivity index (χ1v) is 7.84. The molecule has 1 aliphatic heterocycles. The topological polar surface area (TPSA) is 55.8 Å². The molecule has 3 rings (SSSR count). The minimum absolute atomic E-state index is 0.0941. The van der Waals surface area contributed by atoms with E-state index in [1.165, 1.54) is 7.11 Å². The summed E-state index contributed by atoms with van der Waals surface area (Å²) in [6.07, 6.45) is 0.128. The predicted octanol–water partition coefficient (Wildman–Crippen LogP) is 2.83. The zero-order valence-electron chi connectivity index (χ0n) is 13.7. The largest absolute Gasteiger partial charge is 0.481 e. The van der Waals surface area contributed by atoms with Crippen LogP contribution in [-0.4, -0.2) is 31.6 Å². The fourth-order valence-corrected chi connectivity index (χ4v) is 2.85. The van der Waals surface area contributed by atoms with E-state index in [0.717, 1.165) is 11.3 Å². The average molecular weight is 325 g/mol. The quantitative estimate of drug-likeness (QED) is 0.811. The third kappa shape index (κ3) is 3.11. The lowest BCUT2D eigenvalue weighted by molar-refractivity contribution is -0.124. The summed E-state index contributed by atoms with van der Waals surface area (Å²) >= 11 is 0. The van der Waals surface area contributed by atoms with Crippen molar-refractivity contribution in [2.24, 2.45) is 0 Å². The Morgan fingerprint density at radius 1 is 1.12 bits per heavy atom. The van der Waals surface area contributed by atoms with Gasteiger partial charge in [0.1, 0.15) is 5.75 Å². The highest BCUT2D eigenvalue weighted by atomic mass is 16.5. The summed E-state index contributed by atoms with van der Waals surface area (Å²) in [5, 5.41) is 0. The van der Waals surface area contributed by atoms with Crippen LogP contribution < -0.4 is 9.64 Å². The summed E-state index contributed by atoms with van der Waals surface area (Å²) < 4.78 is 10.5. The molecule has 0 saturated carbocycles. The number of hydrogen-bond acceptors (Lipinski definition) is 4. The highest BCUT2D eigenvalue weighted by molar-refractivity contribution is 5.99. The summed E-state index contributed by atoms with van der Waals surface area (Å²) in [7, 11) is 1.36. The van der Waals surface area contributed by atoms with Crippen LogP contribution in [0.2, 0.25) is 0 Å². The molecule has 0 spiro atoms. The van der Waals surface area contributed by atoms with Gasteiger partial charge >= 0.3 is 5.97 Å². The second kappa shape index (κ2) is 6.74. The van der Waals surface area contributed by atoms with Crippen molar-refractivity contribution in [1.82, 2.24) is 0 Å². The van der Waals surface area contributed by atoms with Gasteiger partial charge in [-0.3, -0.25) is 4.79 Å². The van der Waals surface area contributed by atoms with Gasteiger partial charge in [0.05, 0.1) is 12.7 Å². The maximum absolute atomic E-state index is 12.7. The third-order valence-electron chi connectivity index (χ3n) is 4.07. The number of fused-ring (bicyclic) bond motifs is 1. The highest BCUT2D eigenvalue weighted by Crippen LogP contribution is 2.30. The van der Waals surface area contributed by atoms with E-state index >= 15 is 0 Å². The number of rotatable bonds is 4. The molecule has 1 atom stereocenters. The predicted molar refractivity (Wildman–Crippen MR) is 90.4 cm³/mol. The van der Waals surface area contributed by atoms with Gasteiger partial charge in [0.25, 0.3) is 5.91 Å². The average Bonchev–Trinajstić information content (AvgIpc) is 3.04. The van der Waals surface area contributed by atoms with Gasteiger partial charge in [0.2, 0.25) is 0 Å². The number of benzene rings is 2. The fraction of sp³-hybridized carbons (Fsp3) is 0.263. The number of carbonyl (C=O) groups excluding carboxylic acids is 2. The van der Waals surface area contributed by atoms with Crippen LogP contribution >= 0.6 is 0 Å². The monoisotopic (exact) mass is 325 g/mol. The van der Waals surface area contributed by atoms with Crippen LogP contribution in [0.4, 0.5) is 5.69 Å². The normalized spacial score (nSPS) is 14.0. The van der Waals surface area contributed by atoms with Crippen LogP contribution in [0, 0.1) is 0 Å². The van der Waals surface area contributed by atoms with Crippen molar-refractivity contribution in [3.63, 3.8) is 0 Å². The first-order valence-electron chi connectivity index (χ1n) is 7.84. The van der Waals surface area contributed by atoms with Crippen molar-refractivity contribution >= 4 is 17.6 Å². The Bertz CT molecular complexity index is 757. The minimum Gasteiger partial charge on any atom is -0.481 e. The summed E-state index contributed by atoms with van der Waals surface area (Å²) in [6.45, 7) is 2.33. The van der Waals surface area contributed by atoms with Crippen molar-refractivity contribution in [3.8, 4) is 5.75 Å². The zero-order valence-corrected chi connectivity index (χ0v) is 13.7. The van der Waals surface area contributed by atoms with Crippen LogP contribution in [0.5, 0.6) is 5.75 Å². The Kier molecular flexibility index (Phi) is 4.51. The van der Waals surface area contributed by atoms with Crippen LogP contribution in [0.25, 0.3) is 0 Å². The number of amides is 1. The van der Waals surface area contributed by atoms with E-state index < -0.39 is 6.10 Å². The minimum atomic E-state index is -0.585. The van der Waals surface area contributed by atoms with Gasteiger partial charge in [-0.05, 0) is 49.2 Å². The Morgan fingerprint density at radius 3 is 2.58 bits per heavy atom. The maximum atomic E-state index is 12.7. The van der Waals surface area contributed by atoms with Crippen molar-refractivity contribution in [2.45, 2.75) is 19.4 Å². The number of anilines is 1. The second-order valence-electron chi connectivity index (χ2n) is 5.65. The third-order valence-corrected chi connectivity index (χ3v) is 4.07. The number of carbonyl (C=O) groups is 2. The molecule has 124 valence electrons. The van der Waals surface area contributed by atoms with Crippen LogP contribution in [0.3, 0.4) is 0 Å². The molecule has 1 heterocycles. The molecule has 2 aromatic rings. The first kappa shape index (κ1) is 16.1. The lowest BCUT2D eigenvalue weighted by atomic mass is 10.1. The van der Waals surface area contributed by atoms with Crippen molar-refractivity contribution in [1.29, 1.82) is 0 Å². The molecule has 0 aromatic heterocycles. The number of esters is 1. The number of para-hydroxylation sites is 1. The SMILES string of the molecule is COC(=O)c1ccc2c(c1)CCN2C(=O)C(C)Oc1ccccc1. The van der Waals surface area contributed by atoms with Crippen LogP contribution in [-0.2, 0) is 16.0 Å². The van der Waals surface area contributed by atoms with E-state index in [9.17, 15) is 9.59 Å². The van der Waals surface area contributed by atoms with Gasteiger partial charge in [0.15, 0.2) is 6.10 Å². The molecule has 0 aliphatic carbocycles. The number of nitrogens with zero attached hydrogens (tertiary/aromatic N) is 1. The molecule has 2 aromatic carbocycles. The Balaban J connectivity index is 1.75. The molecule has 0 fully saturated rings. The molecule has 0 radical (unpaired) electrons. The summed E-state index contributed by atoms with van der Waals surface area (Å²) in [5.74, 6) is 0.200. The molecular formula is C19H19NO4. The zero-order chi connectivity index (χ0) is 17.1. The van der Waals surface area contributed by atoms with E-state index in [2.05, 4.69) is 0 Å². The van der Waals surface area contributed by atoms with Gasteiger partial charge < -0.3 is 14.4 Å². The molecule has 0 saturated heterocycles. The van der Waals surface area contributed by atoms with E-state index in [-0.39, 0.29) is 11.9 Å². The molecule has 1 aliphatic rings. The van der Waals surface area contributed by atoms with E-state index in [1.807, 2.05) is 30.3 Å². The summed E-state index contributed by atoms with van der Waals surface area (Å²) in [4.78, 5) is 26.0. The van der Waals surface area contributed by atoms with E-state index in [1.54, 1.807) is 30.0 Å². The van der Waals surface area contributed by atoms with Gasteiger partial charge in [-0.15, -0.1) is 0 Å². The molecular weight excluding hydrogens is 306 g/mol. The molecule has 1 amide bonds. The summed E-state index contributed by atoms with van der Waals surface area (Å²) in [6, 6.07) is 14.5. The summed E-state index contributed by atoms with van der Waals surface area (Å²) in [5.41, 5.74) is 2.30. The van der Waals surface area contributed by atoms with Crippen LogP contribution in [0.15, 0.2) is 48.5 Å². The highest BCUT2D eigenvalue weighted by Gasteiger charge is 2.29. The van der Waals surface area contributed by atoms with E-state index in [0.29, 0.717) is 24.3 Å². The van der Waals surface area contributed by atoms with Crippen LogP contribution in [0.1, 0.15) is 22.8 Å². The molecule has 5 nitrogen and oxygen atoms in total. The lowest BCUT2D eigenvalue weighted by Gasteiger charge is -2.22. The van der Waals surface area contributed by atoms with Gasteiger partial charge in [-0.2, -0.15) is 0 Å². The van der Waals surface area contributed by atoms with Gasteiger partial charge in [-0.25, -0.2) is 4.79 Å². The fourth-order valence-electron chi connectivity index (χ4n) is 2.85. The number of methoxy groups -OCH3 is 1.